The molecule has 2 unspecified atom stereocenters. The molecule has 9 heteroatoms. The molecule has 168 valence electrons. The molecular weight excluding hydrogens is 432 g/mol. The van der Waals surface area contributed by atoms with Gasteiger partial charge in [0.2, 0.25) is 0 Å². The number of halogens is 1. The van der Waals surface area contributed by atoms with Crippen LogP contribution in [0, 0.1) is 10.1 Å². The number of hydrogen-bond acceptors (Lipinski definition) is 6. The molecule has 0 bridgehead atoms. The summed E-state index contributed by atoms with van der Waals surface area (Å²) in [6, 6.07) is 11.3. The zero-order valence-corrected chi connectivity index (χ0v) is 18.9. The highest BCUT2D eigenvalue weighted by Crippen LogP contribution is 2.31. The summed E-state index contributed by atoms with van der Waals surface area (Å²) in [4.78, 5) is 42.2. The van der Waals surface area contributed by atoms with Crippen molar-refractivity contribution >= 4 is 40.8 Å². The second-order valence-corrected chi connectivity index (χ2v) is 8.42. The first-order valence-electron chi connectivity index (χ1n) is 10.0. The normalized spacial score (nSPS) is 14.4. The van der Waals surface area contributed by atoms with Gasteiger partial charge >= 0.3 is 0 Å². The Balaban J connectivity index is 1.99. The highest BCUT2D eigenvalue weighted by molar-refractivity contribution is 6.30. The smallest absolute Gasteiger partial charge is 0.279 e. The highest BCUT2D eigenvalue weighted by atomic mass is 35.5. The number of H-pyrrole nitrogens is 1. The SMILES string of the molecule is CN(C)C(C=O)(Cc1cccc(Cl)c1)N(C)C(C=O)Cc1c[nH]c2cccc([N+](=O)[O-])c12. The number of nitrogens with one attached hydrogen (secondary N) is 1. The van der Waals surface area contributed by atoms with Crippen LogP contribution < -0.4 is 0 Å². The first-order valence-corrected chi connectivity index (χ1v) is 10.4. The second-order valence-electron chi connectivity index (χ2n) is 7.99. The molecule has 0 radical (unpaired) electrons. The van der Waals surface area contributed by atoms with E-state index in [4.69, 9.17) is 11.6 Å². The van der Waals surface area contributed by atoms with Gasteiger partial charge in [-0.3, -0.25) is 24.7 Å². The van der Waals surface area contributed by atoms with Crippen LogP contribution in [0.2, 0.25) is 5.02 Å². The number of benzene rings is 2. The second kappa shape index (κ2) is 9.60. The number of fused-ring (bicyclic) bond motifs is 1. The van der Waals surface area contributed by atoms with Gasteiger partial charge in [-0.1, -0.05) is 29.8 Å². The quantitative estimate of drug-likeness (QED) is 0.217. The number of non-ortho nitro benzene ring substituents is 1. The van der Waals surface area contributed by atoms with Gasteiger partial charge < -0.3 is 9.78 Å². The van der Waals surface area contributed by atoms with Crippen molar-refractivity contribution < 1.29 is 14.5 Å². The predicted octanol–water partition coefficient (Wildman–Crippen LogP) is 3.47. The molecule has 1 heterocycles. The highest BCUT2D eigenvalue weighted by Gasteiger charge is 2.41. The summed E-state index contributed by atoms with van der Waals surface area (Å²) < 4.78 is 0. The van der Waals surface area contributed by atoms with Crippen LogP contribution in [-0.4, -0.2) is 65.1 Å². The fraction of sp³-hybridized carbons (Fsp3) is 0.304. The number of carbonyl (C=O) groups excluding carboxylic acids is 2. The minimum absolute atomic E-state index is 0.0285. The lowest BCUT2D eigenvalue weighted by Crippen LogP contribution is -2.63. The summed E-state index contributed by atoms with van der Waals surface area (Å²) in [7, 11) is 5.25. The molecule has 0 aliphatic rings. The zero-order chi connectivity index (χ0) is 23.5. The number of aromatic amines is 1. The fourth-order valence-corrected chi connectivity index (χ4v) is 4.33. The van der Waals surface area contributed by atoms with Crippen molar-refractivity contribution in [1.82, 2.24) is 14.8 Å². The van der Waals surface area contributed by atoms with Crippen molar-refractivity contribution in [1.29, 1.82) is 0 Å². The van der Waals surface area contributed by atoms with E-state index >= 15 is 0 Å². The molecule has 8 nitrogen and oxygen atoms in total. The summed E-state index contributed by atoms with van der Waals surface area (Å²) in [5.74, 6) is 0. The topological polar surface area (TPSA) is 99.6 Å². The first-order chi connectivity index (χ1) is 15.2. The standard InChI is InChI=1S/C23H25ClN4O4/c1-26(2)23(15-30,12-16-6-4-7-18(24)10-16)27(3)19(14-29)11-17-13-25-20-8-5-9-21(22(17)20)28(31)32/h4-10,13-15,19,25H,11-12H2,1-3H3. The van der Waals surface area contributed by atoms with Gasteiger partial charge in [0.05, 0.1) is 21.9 Å². The Morgan fingerprint density at radius 3 is 2.50 bits per heavy atom. The number of nitrogens with zero attached hydrogens (tertiary/aromatic N) is 3. The third-order valence-electron chi connectivity index (χ3n) is 5.97. The fourth-order valence-electron chi connectivity index (χ4n) is 4.11. The Bertz CT molecular complexity index is 1150. The number of aromatic nitrogens is 1. The van der Waals surface area contributed by atoms with Crippen molar-refractivity contribution in [3.05, 3.63) is 74.9 Å². The van der Waals surface area contributed by atoms with E-state index in [1.807, 2.05) is 12.1 Å². The molecule has 2 atom stereocenters. The third kappa shape index (κ3) is 4.43. The number of rotatable bonds is 10. The summed E-state index contributed by atoms with van der Waals surface area (Å²) in [6.45, 7) is 0. The van der Waals surface area contributed by atoms with Crippen LogP contribution in [0.1, 0.15) is 11.1 Å². The molecule has 0 saturated carbocycles. The first kappa shape index (κ1) is 23.6. The Morgan fingerprint density at radius 1 is 1.19 bits per heavy atom. The van der Waals surface area contributed by atoms with E-state index in [-0.39, 0.29) is 12.1 Å². The van der Waals surface area contributed by atoms with Gasteiger partial charge in [0.25, 0.3) is 5.69 Å². The molecule has 0 saturated heterocycles. The minimum Gasteiger partial charge on any atom is -0.361 e. The van der Waals surface area contributed by atoms with Gasteiger partial charge in [0, 0.05) is 23.7 Å². The van der Waals surface area contributed by atoms with Crippen LogP contribution in [0.5, 0.6) is 0 Å². The molecule has 0 fully saturated rings. The molecule has 0 amide bonds. The van der Waals surface area contributed by atoms with Crippen molar-refractivity contribution in [2.75, 3.05) is 21.1 Å². The van der Waals surface area contributed by atoms with Crippen LogP contribution in [0.15, 0.2) is 48.7 Å². The molecule has 0 aliphatic heterocycles. The van der Waals surface area contributed by atoms with Crippen LogP contribution in [0.3, 0.4) is 0 Å². The number of carbonyl (C=O) groups is 2. The van der Waals surface area contributed by atoms with E-state index in [0.29, 0.717) is 27.9 Å². The van der Waals surface area contributed by atoms with E-state index in [9.17, 15) is 19.7 Å². The molecule has 3 rings (SSSR count). The Morgan fingerprint density at radius 2 is 1.91 bits per heavy atom. The molecule has 0 spiro atoms. The zero-order valence-electron chi connectivity index (χ0n) is 18.1. The van der Waals surface area contributed by atoms with Gasteiger partial charge in [0.1, 0.15) is 11.9 Å². The average molecular weight is 457 g/mol. The van der Waals surface area contributed by atoms with Crippen molar-refractivity contribution in [2.45, 2.75) is 24.5 Å². The minimum atomic E-state index is -1.13. The molecule has 2 aromatic carbocycles. The Labute approximate surface area is 190 Å². The summed E-state index contributed by atoms with van der Waals surface area (Å²) in [5, 5.41) is 12.6. The molecule has 32 heavy (non-hydrogen) atoms. The number of likely N-dealkylation sites (N-methyl/N-ethyl adjacent to an activating group) is 2. The van der Waals surface area contributed by atoms with Crippen LogP contribution in [-0.2, 0) is 22.4 Å². The van der Waals surface area contributed by atoms with Gasteiger partial charge in [-0.05, 0) is 56.9 Å². The third-order valence-corrected chi connectivity index (χ3v) is 6.21. The predicted molar refractivity (Wildman–Crippen MR) is 124 cm³/mol. The van der Waals surface area contributed by atoms with Gasteiger partial charge in [-0.2, -0.15) is 0 Å². The number of aldehydes is 2. The van der Waals surface area contributed by atoms with Crippen LogP contribution in [0.25, 0.3) is 10.9 Å². The number of nitro benzene ring substituents is 1. The van der Waals surface area contributed by atoms with Crippen LogP contribution >= 0.6 is 11.6 Å². The Kier molecular flexibility index (Phi) is 7.08. The molecule has 3 aromatic rings. The van der Waals surface area contributed by atoms with E-state index in [1.165, 1.54) is 6.07 Å². The number of nitro groups is 1. The van der Waals surface area contributed by atoms with Gasteiger partial charge in [-0.15, -0.1) is 0 Å². The van der Waals surface area contributed by atoms with E-state index in [2.05, 4.69) is 4.98 Å². The summed E-state index contributed by atoms with van der Waals surface area (Å²) in [6.07, 6.45) is 3.77. The molecule has 1 N–H and O–H groups in total. The lowest BCUT2D eigenvalue weighted by Gasteiger charge is -2.45. The monoisotopic (exact) mass is 456 g/mol. The summed E-state index contributed by atoms with van der Waals surface area (Å²) >= 11 is 6.13. The van der Waals surface area contributed by atoms with Gasteiger partial charge in [-0.25, -0.2) is 0 Å². The summed E-state index contributed by atoms with van der Waals surface area (Å²) in [5.41, 5.74) is 0.943. The van der Waals surface area contributed by atoms with E-state index in [0.717, 1.165) is 18.1 Å². The Hall–Kier alpha value is -3.07. The van der Waals surface area contributed by atoms with Crippen molar-refractivity contribution in [3.63, 3.8) is 0 Å². The lowest BCUT2D eigenvalue weighted by molar-refractivity contribution is -0.383. The largest absolute Gasteiger partial charge is 0.361 e. The maximum Gasteiger partial charge on any atom is 0.279 e. The lowest BCUT2D eigenvalue weighted by atomic mass is 9.94. The average Bonchev–Trinajstić information content (AvgIpc) is 3.18. The molecular formula is C23H25ClN4O4. The van der Waals surface area contributed by atoms with Gasteiger partial charge in [0.15, 0.2) is 6.29 Å². The molecule has 0 aliphatic carbocycles. The van der Waals surface area contributed by atoms with Crippen molar-refractivity contribution in [3.8, 4) is 0 Å². The number of hydrogen-bond donors (Lipinski definition) is 1. The van der Waals surface area contributed by atoms with E-state index < -0.39 is 16.6 Å². The van der Waals surface area contributed by atoms with Crippen LogP contribution in [0.4, 0.5) is 5.69 Å². The van der Waals surface area contributed by atoms with Crippen molar-refractivity contribution in [2.24, 2.45) is 0 Å². The molecule has 1 aromatic heterocycles. The maximum atomic E-state index is 12.5. The maximum absolute atomic E-state index is 12.5. The van der Waals surface area contributed by atoms with E-state index in [1.54, 1.807) is 61.4 Å².